The van der Waals surface area contributed by atoms with Crippen molar-refractivity contribution in [2.24, 2.45) is 0 Å². The Bertz CT molecular complexity index is 312. The Morgan fingerprint density at radius 2 is 2.38 bits per heavy atom. The Morgan fingerprint density at radius 1 is 1.62 bits per heavy atom. The molecule has 0 aromatic carbocycles. The second-order valence-corrected chi connectivity index (χ2v) is 4.71. The summed E-state index contributed by atoms with van der Waals surface area (Å²) in [5.74, 6) is -0.173. The zero-order valence-corrected chi connectivity index (χ0v) is 10.8. The van der Waals surface area contributed by atoms with Gasteiger partial charge in [0.1, 0.15) is 5.01 Å². The van der Waals surface area contributed by atoms with Gasteiger partial charge in [0, 0.05) is 17.6 Å². The maximum absolute atomic E-state index is 11.4. The molecule has 0 aliphatic rings. The van der Waals surface area contributed by atoms with E-state index in [0.717, 1.165) is 5.01 Å². The highest BCUT2D eigenvalue weighted by molar-refractivity contribution is 7.09. The first-order chi connectivity index (χ1) is 7.63. The van der Waals surface area contributed by atoms with Crippen molar-refractivity contribution in [3.05, 3.63) is 16.6 Å². The fourth-order valence-electron chi connectivity index (χ4n) is 1.30. The highest BCUT2D eigenvalue weighted by Crippen LogP contribution is 2.10. The van der Waals surface area contributed by atoms with Crippen LogP contribution in [0, 0.1) is 0 Å². The molecule has 5 heteroatoms. The Labute approximate surface area is 100 Å². The van der Waals surface area contributed by atoms with Gasteiger partial charge in [-0.15, -0.1) is 11.3 Å². The lowest BCUT2D eigenvalue weighted by Crippen LogP contribution is -2.35. The lowest BCUT2D eigenvalue weighted by atomic mass is 10.3. The molecule has 4 nitrogen and oxygen atoms in total. The van der Waals surface area contributed by atoms with Crippen LogP contribution in [-0.4, -0.2) is 35.0 Å². The molecule has 0 aliphatic carbocycles. The number of carbonyl (C=O) groups excluding carboxylic acids is 1. The van der Waals surface area contributed by atoms with E-state index < -0.39 is 0 Å². The van der Waals surface area contributed by atoms with E-state index >= 15 is 0 Å². The van der Waals surface area contributed by atoms with Crippen LogP contribution in [0.5, 0.6) is 0 Å². The van der Waals surface area contributed by atoms with Gasteiger partial charge in [0.05, 0.1) is 19.7 Å². The van der Waals surface area contributed by atoms with Crippen LogP contribution in [0.3, 0.4) is 0 Å². The molecule has 0 amide bonds. The number of aromatic nitrogens is 1. The van der Waals surface area contributed by atoms with Gasteiger partial charge < -0.3 is 4.74 Å². The second kappa shape index (κ2) is 6.60. The lowest BCUT2D eigenvalue weighted by molar-refractivity contribution is -0.145. The standard InChI is InChI=1S/C11H18N2O2S/c1-4-15-11(14)8-13(9(2)3)7-10-12-5-6-16-10/h5-6,9H,4,7-8H2,1-3H3. The molecule has 0 fully saturated rings. The van der Waals surface area contributed by atoms with Crippen LogP contribution in [-0.2, 0) is 16.1 Å². The van der Waals surface area contributed by atoms with Gasteiger partial charge >= 0.3 is 5.97 Å². The van der Waals surface area contributed by atoms with Crippen LogP contribution in [0.1, 0.15) is 25.8 Å². The van der Waals surface area contributed by atoms with Gasteiger partial charge in [-0.05, 0) is 20.8 Å². The summed E-state index contributed by atoms with van der Waals surface area (Å²) in [7, 11) is 0. The topological polar surface area (TPSA) is 42.4 Å². The predicted octanol–water partition coefficient (Wildman–Crippen LogP) is 1.92. The third-order valence-electron chi connectivity index (χ3n) is 2.19. The third kappa shape index (κ3) is 4.28. The number of esters is 1. The van der Waals surface area contributed by atoms with Gasteiger partial charge in [-0.1, -0.05) is 0 Å². The van der Waals surface area contributed by atoms with Crippen LogP contribution >= 0.6 is 11.3 Å². The molecule has 0 radical (unpaired) electrons. The Kier molecular flexibility index (Phi) is 5.42. The summed E-state index contributed by atoms with van der Waals surface area (Å²) in [5, 5.41) is 2.97. The van der Waals surface area contributed by atoms with Crippen molar-refractivity contribution in [2.45, 2.75) is 33.4 Å². The van der Waals surface area contributed by atoms with Crippen LogP contribution in [0.4, 0.5) is 0 Å². The third-order valence-corrected chi connectivity index (χ3v) is 2.95. The van der Waals surface area contributed by atoms with Crippen molar-refractivity contribution in [1.82, 2.24) is 9.88 Å². The predicted molar refractivity (Wildman–Crippen MR) is 64.3 cm³/mol. The van der Waals surface area contributed by atoms with Gasteiger partial charge in [-0.2, -0.15) is 0 Å². The van der Waals surface area contributed by atoms with E-state index in [2.05, 4.69) is 23.7 Å². The monoisotopic (exact) mass is 242 g/mol. The molecule has 16 heavy (non-hydrogen) atoms. The summed E-state index contributed by atoms with van der Waals surface area (Å²) >= 11 is 1.60. The largest absolute Gasteiger partial charge is 0.465 e. The van der Waals surface area contributed by atoms with Crippen LogP contribution in [0.15, 0.2) is 11.6 Å². The quantitative estimate of drug-likeness (QED) is 0.715. The minimum atomic E-state index is -0.173. The molecule has 0 N–H and O–H groups in total. The molecule has 1 heterocycles. The lowest BCUT2D eigenvalue weighted by Gasteiger charge is -2.24. The SMILES string of the molecule is CCOC(=O)CN(Cc1nccs1)C(C)C. The molecule has 0 bridgehead atoms. The number of hydrogen-bond acceptors (Lipinski definition) is 5. The summed E-state index contributed by atoms with van der Waals surface area (Å²) < 4.78 is 4.94. The molecule has 0 atom stereocenters. The number of hydrogen-bond donors (Lipinski definition) is 0. The normalized spacial score (nSPS) is 11.1. The fourth-order valence-corrected chi connectivity index (χ4v) is 1.94. The summed E-state index contributed by atoms with van der Waals surface area (Å²) in [6, 6.07) is 0.299. The van der Waals surface area contributed by atoms with E-state index in [1.54, 1.807) is 17.5 Å². The summed E-state index contributed by atoms with van der Waals surface area (Å²) in [6.45, 7) is 7.40. The first-order valence-corrected chi connectivity index (χ1v) is 6.29. The van der Waals surface area contributed by atoms with Crippen molar-refractivity contribution in [2.75, 3.05) is 13.2 Å². The molecule has 1 rings (SSSR count). The second-order valence-electron chi connectivity index (χ2n) is 3.73. The molecule has 1 aromatic rings. The minimum Gasteiger partial charge on any atom is -0.465 e. The minimum absolute atomic E-state index is 0.173. The van der Waals surface area contributed by atoms with E-state index in [1.165, 1.54) is 0 Å². The van der Waals surface area contributed by atoms with Gasteiger partial charge in [0.15, 0.2) is 0 Å². The molecular weight excluding hydrogens is 224 g/mol. The molecule has 0 aliphatic heterocycles. The number of ether oxygens (including phenoxy) is 1. The zero-order chi connectivity index (χ0) is 12.0. The molecule has 0 unspecified atom stereocenters. The first kappa shape index (κ1) is 13.1. The van der Waals surface area contributed by atoms with Crippen molar-refractivity contribution in [1.29, 1.82) is 0 Å². The van der Waals surface area contributed by atoms with Gasteiger partial charge in [0.25, 0.3) is 0 Å². The maximum Gasteiger partial charge on any atom is 0.320 e. The number of carbonyl (C=O) groups is 1. The van der Waals surface area contributed by atoms with E-state index in [0.29, 0.717) is 25.7 Å². The Balaban J connectivity index is 2.51. The number of thiazole rings is 1. The molecule has 0 saturated carbocycles. The molecular formula is C11H18N2O2S. The van der Waals surface area contributed by atoms with Gasteiger partial charge in [-0.3, -0.25) is 9.69 Å². The van der Waals surface area contributed by atoms with Gasteiger partial charge in [0.2, 0.25) is 0 Å². The maximum atomic E-state index is 11.4. The summed E-state index contributed by atoms with van der Waals surface area (Å²) in [5.41, 5.74) is 0. The Hall–Kier alpha value is -0.940. The van der Waals surface area contributed by atoms with Crippen molar-refractivity contribution in [3.8, 4) is 0 Å². The number of rotatable bonds is 6. The van der Waals surface area contributed by atoms with Crippen LogP contribution in [0.25, 0.3) is 0 Å². The molecule has 90 valence electrons. The number of nitrogens with zero attached hydrogens (tertiary/aromatic N) is 2. The molecule has 0 saturated heterocycles. The van der Waals surface area contributed by atoms with Crippen molar-refractivity contribution in [3.63, 3.8) is 0 Å². The average Bonchev–Trinajstić information content (AvgIpc) is 2.69. The smallest absolute Gasteiger partial charge is 0.320 e. The highest BCUT2D eigenvalue weighted by Gasteiger charge is 2.16. The fraction of sp³-hybridized carbons (Fsp3) is 0.636. The molecule has 0 spiro atoms. The van der Waals surface area contributed by atoms with E-state index in [1.807, 2.05) is 12.3 Å². The van der Waals surface area contributed by atoms with E-state index in [9.17, 15) is 4.79 Å². The highest BCUT2D eigenvalue weighted by atomic mass is 32.1. The van der Waals surface area contributed by atoms with Crippen LogP contribution < -0.4 is 0 Å². The van der Waals surface area contributed by atoms with Crippen molar-refractivity contribution < 1.29 is 9.53 Å². The average molecular weight is 242 g/mol. The van der Waals surface area contributed by atoms with E-state index in [4.69, 9.17) is 4.74 Å². The van der Waals surface area contributed by atoms with Crippen molar-refractivity contribution >= 4 is 17.3 Å². The summed E-state index contributed by atoms with van der Waals surface area (Å²) in [4.78, 5) is 17.7. The Morgan fingerprint density at radius 3 is 2.88 bits per heavy atom. The van der Waals surface area contributed by atoms with Gasteiger partial charge in [-0.25, -0.2) is 4.98 Å². The zero-order valence-electron chi connectivity index (χ0n) is 9.97. The van der Waals surface area contributed by atoms with Crippen LogP contribution in [0.2, 0.25) is 0 Å². The molecule has 1 aromatic heterocycles. The summed E-state index contributed by atoms with van der Waals surface area (Å²) in [6.07, 6.45) is 1.78. The van der Waals surface area contributed by atoms with E-state index in [-0.39, 0.29) is 5.97 Å². The first-order valence-electron chi connectivity index (χ1n) is 5.41.